The van der Waals surface area contributed by atoms with E-state index in [9.17, 15) is 8.42 Å². The van der Waals surface area contributed by atoms with Crippen LogP contribution in [0.4, 0.5) is 0 Å². The first-order chi connectivity index (χ1) is 9.45. The molecular weight excluding hydrogens is 316 g/mol. The predicted molar refractivity (Wildman–Crippen MR) is 80.6 cm³/mol. The summed E-state index contributed by atoms with van der Waals surface area (Å²) >= 11 is 2.66. The minimum absolute atomic E-state index is 0.0237. The van der Waals surface area contributed by atoms with Crippen LogP contribution in [0.2, 0.25) is 0 Å². The Labute approximate surface area is 126 Å². The highest BCUT2D eigenvalue weighted by Crippen LogP contribution is 2.26. The van der Waals surface area contributed by atoms with Gasteiger partial charge >= 0.3 is 0 Å². The van der Waals surface area contributed by atoms with Crippen LogP contribution in [0.5, 0.6) is 0 Å². The fourth-order valence-electron chi connectivity index (χ4n) is 1.66. The lowest BCUT2D eigenvalue weighted by Crippen LogP contribution is -2.25. The fourth-order valence-corrected chi connectivity index (χ4v) is 5.27. The summed E-state index contributed by atoms with van der Waals surface area (Å²) < 4.78 is 26.5. The molecule has 0 saturated carbocycles. The molecule has 1 N–H and O–H groups in total. The Morgan fingerprint density at radius 3 is 2.75 bits per heavy atom. The zero-order chi connectivity index (χ0) is 14.8. The average Bonchev–Trinajstić information content (AvgIpc) is 3.00. The Kier molecular flexibility index (Phi) is 4.92. The number of aliphatic hydroxyl groups excluding tert-OH is 1. The topological polar surface area (TPSA) is 70.5 Å². The number of thiophene rings is 1. The van der Waals surface area contributed by atoms with Crippen molar-refractivity contribution >= 4 is 32.7 Å². The molecule has 0 aliphatic rings. The van der Waals surface area contributed by atoms with E-state index in [0.29, 0.717) is 17.2 Å². The highest BCUT2D eigenvalue weighted by molar-refractivity contribution is 7.91. The Balaban J connectivity index is 2.18. The number of hydrogen-bond donors (Lipinski definition) is 1. The van der Waals surface area contributed by atoms with Crippen molar-refractivity contribution in [1.82, 2.24) is 9.29 Å². The summed E-state index contributed by atoms with van der Waals surface area (Å²) in [7, 11) is -1.91. The Hall–Kier alpha value is -0.800. The van der Waals surface area contributed by atoms with E-state index in [2.05, 4.69) is 4.98 Å². The van der Waals surface area contributed by atoms with Gasteiger partial charge in [0.05, 0.1) is 11.2 Å². The third-order valence-corrected chi connectivity index (χ3v) is 7.21. The molecule has 2 aromatic heterocycles. The van der Waals surface area contributed by atoms with Gasteiger partial charge in [0, 0.05) is 36.4 Å². The zero-order valence-electron chi connectivity index (χ0n) is 11.2. The van der Waals surface area contributed by atoms with E-state index in [1.807, 2.05) is 6.92 Å². The molecule has 2 rings (SSSR count). The molecule has 0 atom stereocenters. The van der Waals surface area contributed by atoms with Crippen LogP contribution in [0.1, 0.15) is 15.4 Å². The molecule has 0 unspecified atom stereocenters. The maximum absolute atomic E-state index is 12.4. The number of aromatic nitrogens is 1. The third kappa shape index (κ3) is 3.26. The van der Waals surface area contributed by atoms with Crippen LogP contribution < -0.4 is 0 Å². The summed E-state index contributed by atoms with van der Waals surface area (Å²) in [6.45, 7) is 2.22. The number of sulfonamides is 1. The van der Waals surface area contributed by atoms with Crippen LogP contribution in [-0.4, -0.2) is 36.5 Å². The molecule has 0 aromatic carbocycles. The summed E-state index contributed by atoms with van der Waals surface area (Å²) in [6, 6.07) is 3.35. The lowest BCUT2D eigenvalue weighted by molar-refractivity contribution is 0.300. The zero-order valence-corrected chi connectivity index (χ0v) is 13.7. The molecule has 0 saturated heterocycles. The van der Waals surface area contributed by atoms with E-state index in [4.69, 9.17) is 5.11 Å². The van der Waals surface area contributed by atoms with Crippen molar-refractivity contribution in [2.24, 2.45) is 0 Å². The monoisotopic (exact) mass is 332 g/mol. The number of hydrogen-bond acceptors (Lipinski definition) is 6. The number of aryl methyl sites for hydroxylation is 1. The van der Waals surface area contributed by atoms with Crippen LogP contribution in [-0.2, 0) is 23.0 Å². The molecular formula is C12H16N2O3S3. The summed E-state index contributed by atoms with van der Waals surface area (Å²) in [5.41, 5.74) is 2.58. The summed E-state index contributed by atoms with van der Waals surface area (Å²) in [5.74, 6) is 0. The van der Waals surface area contributed by atoms with Gasteiger partial charge < -0.3 is 5.11 Å². The average molecular weight is 332 g/mol. The van der Waals surface area contributed by atoms with Gasteiger partial charge in [-0.1, -0.05) is 0 Å². The molecule has 0 amide bonds. The van der Waals surface area contributed by atoms with Gasteiger partial charge in [-0.2, -0.15) is 4.31 Å². The van der Waals surface area contributed by atoms with Crippen LogP contribution in [0, 0.1) is 6.92 Å². The SMILES string of the molecule is Cc1ncsc1CN(C)S(=O)(=O)c1ccc(CCO)s1. The van der Waals surface area contributed by atoms with Crippen LogP contribution in [0.15, 0.2) is 21.9 Å². The van der Waals surface area contributed by atoms with Crippen molar-refractivity contribution in [3.8, 4) is 0 Å². The van der Waals surface area contributed by atoms with Gasteiger partial charge in [-0.15, -0.1) is 22.7 Å². The van der Waals surface area contributed by atoms with Crippen LogP contribution in [0.25, 0.3) is 0 Å². The fraction of sp³-hybridized carbons (Fsp3) is 0.417. The lowest BCUT2D eigenvalue weighted by atomic mass is 10.4. The maximum atomic E-state index is 12.4. The Morgan fingerprint density at radius 1 is 1.40 bits per heavy atom. The van der Waals surface area contributed by atoms with E-state index in [1.54, 1.807) is 24.7 Å². The van der Waals surface area contributed by atoms with Crippen molar-refractivity contribution in [3.05, 3.63) is 33.1 Å². The summed E-state index contributed by atoms with van der Waals surface area (Å²) in [6.07, 6.45) is 0.484. The maximum Gasteiger partial charge on any atom is 0.252 e. The molecule has 0 spiro atoms. The second-order valence-corrected chi connectivity index (χ2v) is 8.70. The molecule has 2 aromatic rings. The molecule has 8 heteroatoms. The first-order valence-electron chi connectivity index (χ1n) is 6.00. The van der Waals surface area contributed by atoms with Gasteiger partial charge in [0.1, 0.15) is 4.21 Å². The summed E-state index contributed by atoms with van der Waals surface area (Å²) in [5, 5.41) is 8.88. The quantitative estimate of drug-likeness (QED) is 0.877. The van der Waals surface area contributed by atoms with Crippen molar-refractivity contribution in [2.45, 2.75) is 24.1 Å². The first-order valence-corrected chi connectivity index (χ1v) is 9.13. The number of nitrogens with zero attached hydrogens (tertiary/aromatic N) is 2. The van der Waals surface area contributed by atoms with E-state index in [0.717, 1.165) is 15.4 Å². The van der Waals surface area contributed by atoms with E-state index in [1.165, 1.54) is 27.0 Å². The Morgan fingerprint density at radius 2 is 2.15 bits per heavy atom. The largest absolute Gasteiger partial charge is 0.396 e. The van der Waals surface area contributed by atoms with Crippen molar-refractivity contribution < 1.29 is 13.5 Å². The highest BCUT2D eigenvalue weighted by Gasteiger charge is 2.23. The molecule has 2 heterocycles. The standard InChI is InChI=1S/C12H16N2O3S3/c1-9-11(18-8-13-9)7-14(2)20(16,17)12-4-3-10(19-12)5-6-15/h3-4,8,15H,5-7H2,1-2H3. The second kappa shape index (κ2) is 6.31. The predicted octanol–water partition coefficient (Wildman–Crippen LogP) is 1.87. The van der Waals surface area contributed by atoms with E-state index < -0.39 is 10.0 Å². The molecule has 110 valence electrons. The number of thiazole rings is 1. The summed E-state index contributed by atoms with van der Waals surface area (Å²) in [4.78, 5) is 5.94. The second-order valence-electron chi connectivity index (χ2n) is 4.32. The normalized spacial score (nSPS) is 12.2. The molecule has 0 fully saturated rings. The van der Waals surface area contributed by atoms with Gasteiger partial charge in [-0.25, -0.2) is 13.4 Å². The molecule has 0 aliphatic carbocycles. The van der Waals surface area contributed by atoms with E-state index in [-0.39, 0.29) is 6.61 Å². The van der Waals surface area contributed by atoms with Gasteiger partial charge in [-0.05, 0) is 19.1 Å². The Bertz CT molecular complexity index is 676. The van der Waals surface area contributed by atoms with Crippen LogP contribution >= 0.6 is 22.7 Å². The van der Waals surface area contributed by atoms with E-state index >= 15 is 0 Å². The molecule has 5 nitrogen and oxygen atoms in total. The van der Waals surface area contributed by atoms with Gasteiger partial charge in [0.25, 0.3) is 10.0 Å². The molecule has 0 aliphatic heterocycles. The number of rotatable bonds is 6. The third-order valence-electron chi connectivity index (χ3n) is 2.87. The van der Waals surface area contributed by atoms with Gasteiger partial charge in [0.15, 0.2) is 0 Å². The van der Waals surface area contributed by atoms with Crippen LogP contribution in [0.3, 0.4) is 0 Å². The lowest BCUT2D eigenvalue weighted by Gasteiger charge is -2.15. The highest BCUT2D eigenvalue weighted by atomic mass is 32.2. The van der Waals surface area contributed by atoms with Crippen molar-refractivity contribution in [1.29, 1.82) is 0 Å². The smallest absolute Gasteiger partial charge is 0.252 e. The molecule has 20 heavy (non-hydrogen) atoms. The minimum atomic E-state index is -3.48. The van der Waals surface area contributed by atoms with Gasteiger partial charge in [-0.3, -0.25) is 0 Å². The first kappa shape index (κ1) is 15.6. The minimum Gasteiger partial charge on any atom is -0.396 e. The molecule has 0 radical (unpaired) electrons. The van der Waals surface area contributed by atoms with Gasteiger partial charge in [0.2, 0.25) is 0 Å². The van der Waals surface area contributed by atoms with Crippen molar-refractivity contribution in [3.63, 3.8) is 0 Å². The van der Waals surface area contributed by atoms with Crippen molar-refractivity contribution in [2.75, 3.05) is 13.7 Å². The molecule has 0 bridgehead atoms. The number of aliphatic hydroxyl groups is 1.